The number of ether oxygens (including phenoxy) is 1. The van der Waals surface area contributed by atoms with Gasteiger partial charge in [0.15, 0.2) is 11.6 Å². The van der Waals surface area contributed by atoms with E-state index < -0.39 is 17.7 Å². The van der Waals surface area contributed by atoms with Crippen LogP contribution in [0, 0.1) is 5.82 Å². The van der Waals surface area contributed by atoms with Crippen LogP contribution < -0.4 is 14.5 Å². The number of rotatable bonds is 3. The minimum absolute atomic E-state index is 0.0513. The van der Waals surface area contributed by atoms with Crippen molar-refractivity contribution in [3.8, 4) is 5.75 Å². The fourth-order valence-electron chi connectivity index (χ4n) is 2.68. The zero-order valence-electron chi connectivity index (χ0n) is 13.4. The third kappa shape index (κ3) is 3.75. The molecule has 0 atom stereocenters. The predicted molar refractivity (Wildman–Crippen MR) is 84.4 cm³/mol. The van der Waals surface area contributed by atoms with Gasteiger partial charge in [-0.2, -0.15) is 13.2 Å². The van der Waals surface area contributed by atoms with Gasteiger partial charge in [0.2, 0.25) is 5.95 Å². The van der Waals surface area contributed by atoms with Crippen molar-refractivity contribution in [3.05, 3.63) is 42.0 Å². The molecule has 134 valence electrons. The molecule has 9 heteroatoms. The summed E-state index contributed by atoms with van der Waals surface area (Å²) in [5, 5.41) is 0. The maximum atomic E-state index is 13.8. The van der Waals surface area contributed by atoms with E-state index in [1.807, 2.05) is 4.90 Å². The Morgan fingerprint density at radius 2 is 1.72 bits per heavy atom. The van der Waals surface area contributed by atoms with E-state index in [9.17, 15) is 17.6 Å². The SMILES string of the molecule is COc1ccc(N2CCN(c3nccc(C(F)(F)F)n3)CC2)cc1F. The number of anilines is 2. The molecule has 1 aliphatic rings. The lowest BCUT2D eigenvalue weighted by atomic mass is 10.2. The number of hydrogen-bond acceptors (Lipinski definition) is 5. The summed E-state index contributed by atoms with van der Waals surface area (Å²) < 4.78 is 57.0. The highest BCUT2D eigenvalue weighted by atomic mass is 19.4. The fraction of sp³-hybridized carbons (Fsp3) is 0.375. The molecule has 1 aromatic carbocycles. The second kappa shape index (κ2) is 6.73. The number of nitrogens with zero attached hydrogens (tertiary/aromatic N) is 4. The average molecular weight is 356 g/mol. The fourth-order valence-corrected chi connectivity index (χ4v) is 2.68. The Hall–Kier alpha value is -2.58. The molecule has 0 saturated carbocycles. The highest BCUT2D eigenvalue weighted by molar-refractivity contribution is 5.51. The van der Waals surface area contributed by atoms with Crippen LogP contribution in [-0.4, -0.2) is 43.3 Å². The maximum absolute atomic E-state index is 13.8. The van der Waals surface area contributed by atoms with Gasteiger partial charge in [-0.05, 0) is 18.2 Å². The number of alkyl halides is 3. The van der Waals surface area contributed by atoms with E-state index in [1.54, 1.807) is 17.0 Å². The smallest absolute Gasteiger partial charge is 0.433 e. The quantitative estimate of drug-likeness (QED) is 0.791. The summed E-state index contributed by atoms with van der Waals surface area (Å²) in [7, 11) is 1.39. The van der Waals surface area contributed by atoms with Gasteiger partial charge in [0.05, 0.1) is 7.11 Å². The van der Waals surface area contributed by atoms with Gasteiger partial charge >= 0.3 is 6.18 Å². The molecule has 1 aromatic heterocycles. The number of hydrogen-bond donors (Lipinski definition) is 0. The number of methoxy groups -OCH3 is 1. The van der Waals surface area contributed by atoms with Crippen molar-refractivity contribution < 1.29 is 22.3 Å². The van der Waals surface area contributed by atoms with Crippen LogP contribution in [0.3, 0.4) is 0 Å². The first-order valence-corrected chi connectivity index (χ1v) is 7.62. The Morgan fingerprint density at radius 1 is 1.04 bits per heavy atom. The van der Waals surface area contributed by atoms with E-state index in [1.165, 1.54) is 13.2 Å². The monoisotopic (exact) mass is 356 g/mol. The van der Waals surface area contributed by atoms with Crippen LogP contribution in [0.25, 0.3) is 0 Å². The molecule has 1 saturated heterocycles. The van der Waals surface area contributed by atoms with E-state index in [4.69, 9.17) is 4.74 Å². The lowest BCUT2D eigenvalue weighted by molar-refractivity contribution is -0.141. The first-order chi connectivity index (χ1) is 11.9. The molecule has 0 bridgehead atoms. The molecule has 25 heavy (non-hydrogen) atoms. The second-order valence-electron chi connectivity index (χ2n) is 5.53. The van der Waals surface area contributed by atoms with Crippen LogP contribution >= 0.6 is 0 Å². The summed E-state index contributed by atoms with van der Waals surface area (Å²) in [5.74, 6) is -0.237. The molecule has 1 fully saturated rings. The minimum Gasteiger partial charge on any atom is -0.494 e. The third-order valence-electron chi connectivity index (χ3n) is 4.00. The number of piperazine rings is 1. The molecular formula is C16H16F4N4O. The highest BCUT2D eigenvalue weighted by Gasteiger charge is 2.33. The van der Waals surface area contributed by atoms with Crippen molar-refractivity contribution in [2.45, 2.75) is 6.18 Å². The first kappa shape index (κ1) is 17.2. The molecule has 0 amide bonds. The Morgan fingerprint density at radius 3 is 2.32 bits per heavy atom. The van der Waals surface area contributed by atoms with E-state index in [0.29, 0.717) is 31.9 Å². The molecule has 0 aliphatic carbocycles. The normalized spacial score (nSPS) is 15.4. The van der Waals surface area contributed by atoms with E-state index in [0.717, 1.165) is 12.3 Å². The standard InChI is InChI=1S/C16H16F4N4O/c1-25-13-3-2-11(10-12(13)17)23-6-8-24(9-7-23)15-21-5-4-14(22-15)16(18,19)20/h2-5,10H,6-9H2,1H3. The Labute approximate surface area is 141 Å². The molecule has 2 aromatic rings. The molecule has 2 heterocycles. The van der Waals surface area contributed by atoms with Crippen molar-refractivity contribution in [2.75, 3.05) is 43.1 Å². The second-order valence-corrected chi connectivity index (χ2v) is 5.53. The molecule has 0 spiro atoms. The van der Waals surface area contributed by atoms with Gasteiger partial charge in [0.1, 0.15) is 5.69 Å². The zero-order chi connectivity index (χ0) is 18.0. The molecule has 0 unspecified atom stereocenters. The van der Waals surface area contributed by atoms with Crippen molar-refractivity contribution in [1.82, 2.24) is 9.97 Å². The molecule has 5 nitrogen and oxygen atoms in total. The summed E-state index contributed by atoms with van der Waals surface area (Å²) in [6, 6.07) is 5.53. The molecule has 1 aliphatic heterocycles. The number of aromatic nitrogens is 2. The van der Waals surface area contributed by atoms with Crippen molar-refractivity contribution in [1.29, 1.82) is 0 Å². The Balaban J connectivity index is 1.69. The summed E-state index contributed by atoms with van der Waals surface area (Å²) in [5.41, 5.74) is -0.264. The van der Waals surface area contributed by atoms with Crippen LogP contribution in [0.15, 0.2) is 30.5 Å². The minimum atomic E-state index is -4.50. The van der Waals surface area contributed by atoms with Crippen LogP contribution in [0.1, 0.15) is 5.69 Å². The van der Waals surface area contributed by atoms with Crippen LogP contribution in [0.5, 0.6) is 5.75 Å². The number of halogens is 4. The van der Waals surface area contributed by atoms with E-state index in [-0.39, 0.29) is 11.7 Å². The molecule has 0 N–H and O–H groups in total. The lowest BCUT2D eigenvalue weighted by Crippen LogP contribution is -2.47. The van der Waals surface area contributed by atoms with Gasteiger partial charge in [-0.1, -0.05) is 0 Å². The summed E-state index contributed by atoms with van der Waals surface area (Å²) in [4.78, 5) is 11.2. The number of benzene rings is 1. The van der Waals surface area contributed by atoms with E-state index >= 15 is 0 Å². The highest BCUT2D eigenvalue weighted by Crippen LogP contribution is 2.29. The maximum Gasteiger partial charge on any atom is 0.433 e. The molecule has 0 radical (unpaired) electrons. The summed E-state index contributed by atoms with van der Waals surface area (Å²) >= 11 is 0. The Kier molecular flexibility index (Phi) is 4.65. The summed E-state index contributed by atoms with van der Waals surface area (Å²) in [6.45, 7) is 1.92. The van der Waals surface area contributed by atoms with Gasteiger partial charge in [-0.15, -0.1) is 0 Å². The van der Waals surface area contributed by atoms with Crippen molar-refractivity contribution in [2.24, 2.45) is 0 Å². The zero-order valence-corrected chi connectivity index (χ0v) is 13.4. The van der Waals surface area contributed by atoms with Gasteiger partial charge < -0.3 is 14.5 Å². The van der Waals surface area contributed by atoms with Gasteiger partial charge in [-0.25, -0.2) is 14.4 Å². The van der Waals surface area contributed by atoms with Crippen molar-refractivity contribution >= 4 is 11.6 Å². The third-order valence-corrected chi connectivity index (χ3v) is 4.00. The van der Waals surface area contributed by atoms with Crippen LogP contribution in [0.2, 0.25) is 0 Å². The van der Waals surface area contributed by atoms with Crippen LogP contribution in [-0.2, 0) is 6.18 Å². The Bertz CT molecular complexity index is 745. The first-order valence-electron chi connectivity index (χ1n) is 7.62. The van der Waals surface area contributed by atoms with Gasteiger partial charge in [-0.3, -0.25) is 0 Å². The summed E-state index contributed by atoms with van der Waals surface area (Å²) in [6.07, 6.45) is -3.39. The topological polar surface area (TPSA) is 41.5 Å². The lowest BCUT2D eigenvalue weighted by Gasteiger charge is -2.36. The molecule has 3 rings (SSSR count). The van der Waals surface area contributed by atoms with E-state index in [2.05, 4.69) is 9.97 Å². The average Bonchev–Trinajstić information content (AvgIpc) is 2.61. The molecular weight excluding hydrogens is 340 g/mol. The predicted octanol–water partition coefficient (Wildman–Crippen LogP) is 2.97. The van der Waals surface area contributed by atoms with Gasteiger partial charge in [0, 0.05) is 44.1 Å². The van der Waals surface area contributed by atoms with Crippen LogP contribution in [0.4, 0.5) is 29.2 Å². The van der Waals surface area contributed by atoms with Crippen molar-refractivity contribution in [3.63, 3.8) is 0 Å². The van der Waals surface area contributed by atoms with Gasteiger partial charge in [0.25, 0.3) is 0 Å². The largest absolute Gasteiger partial charge is 0.494 e.